The Bertz CT molecular complexity index is 493. The van der Waals surface area contributed by atoms with Crippen LogP contribution in [0, 0.1) is 0 Å². The Kier molecular flexibility index (Phi) is 4.35. The summed E-state index contributed by atoms with van der Waals surface area (Å²) in [6.45, 7) is 12.6. The van der Waals surface area contributed by atoms with Crippen molar-refractivity contribution in [3.8, 4) is 0 Å². The van der Waals surface area contributed by atoms with Gasteiger partial charge in [-0.25, -0.2) is 0 Å². The van der Waals surface area contributed by atoms with Gasteiger partial charge in [-0.05, 0) is 5.16 Å². The van der Waals surface area contributed by atoms with Gasteiger partial charge < -0.3 is 0 Å². The van der Waals surface area contributed by atoms with Crippen molar-refractivity contribution in [2.75, 3.05) is 0 Å². The fourth-order valence-electron chi connectivity index (χ4n) is 3.14. The molecule has 0 aliphatic carbocycles. The van der Waals surface area contributed by atoms with Crippen LogP contribution in [-0.2, 0) is 0 Å². The van der Waals surface area contributed by atoms with Crippen LogP contribution in [0.4, 0.5) is 0 Å². The largest absolute Gasteiger partial charge is 0.0811 e. The van der Waals surface area contributed by atoms with Gasteiger partial charge in [0, 0.05) is 0 Å². The van der Waals surface area contributed by atoms with Crippen molar-refractivity contribution in [1.29, 1.82) is 0 Å². The van der Waals surface area contributed by atoms with Crippen LogP contribution in [0.25, 0.3) is 0 Å². The molecule has 0 aliphatic rings. The molecule has 2 heteroatoms. The van der Waals surface area contributed by atoms with Gasteiger partial charge in [-0.2, -0.15) is 0 Å². The predicted molar refractivity (Wildman–Crippen MR) is 96.5 cm³/mol. The van der Waals surface area contributed by atoms with E-state index >= 15 is 0 Å². The first-order chi connectivity index (χ1) is 9.37. The van der Waals surface area contributed by atoms with E-state index in [0.717, 1.165) is 5.16 Å². The van der Waals surface area contributed by atoms with Crippen molar-refractivity contribution in [3.63, 3.8) is 0 Å². The molecule has 0 fully saturated rings. The lowest BCUT2D eigenvalue weighted by molar-refractivity contribution is 1.20. The average Bonchev–Trinajstić information content (AvgIpc) is 2.48. The van der Waals surface area contributed by atoms with E-state index in [9.17, 15) is 0 Å². The van der Waals surface area contributed by atoms with Gasteiger partial charge in [0.05, 0.1) is 16.1 Å². The molecule has 0 atom stereocenters. The SMILES string of the molecule is CC([Si](C)(C)c1ccccc1)[Si](C)(C)c1ccccc1. The van der Waals surface area contributed by atoms with Crippen molar-refractivity contribution in [1.82, 2.24) is 0 Å². The molecule has 0 radical (unpaired) electrons. The summed E-state index contributed by atoms with van der Waals surface area (Å²) in [5.74, 6) is 0. The molecule has 0 nitrogen and oxygen atoms in total. The normalized spacial score (nSPS) is 12.7. The molecule has 0 heterocycles. The minimum absolute atomic E-state index is 0.805. The molecule has 0 amide bonds. The Labute approximate surface area is 125 Å². The van der Waals surface area contributed by atoms with Crippen LogP contribution in [0.2, 0.25) is 31.4 Å². The van der Waals surface area contributed by atoms with Gasteiger partial charge >= 0.3 is 0 Å². The number of hydrogen-bond donors (Lipinski definition) is 0. The summed E-state index contributed by atoms with van der Waals surface area (Å²) in [7, 11) is -2.88. The summed E-state index contributed by atoms with van der Waals surface area (Å²) in [5.41, 5.74) is 0. The van der Waals surface area contributed by atoms with Crippen LogP contribution in [0.3, 0.4) is 0 Å². The summed E-state index contributed by atoms with van der Waals surface area (Å²) in [5, 5.41) is 3.98. The molecule has 2 aromatic rings. The summed E-state index contributed by atoms with van der Waals surface area (Å²) >= 11 is 0. The minimum Gasteiger partial charge on any atom is -0.0667 e. The third-order valence-corrected chi connectivity index (χ3v) is 17.5. The molecular weight excluding hydrogens is 272 g/mol. The van der Waals surface area contributed by atoms with E-state index in [1.807, 2.05) is 0 Å². The summed E-state index contributed by atoms with van der Waals surface area (Å²) in [6.07, 6.45) is 0. The van der Waals surface area contributed by atoms with Crippen molar-refractivity contribution in [2.24, 2.45) is 0 Å². The first-order valence-corrected chi connectivity index (χ1v) is 13.6. The second-order valence-electron chi connectivity index (χ2n) is 6.90. The zero-order valence-electron chi connectivity index (χ0n) is 13.4. The van der Waals surface area contributed by atoms with E-state index in [1.54, 1.807) is 10.4 Å². The first-order valence-electron chi connectivity index (χ1n) is 7.48. The van der Waals surface area contributed by atoms with Gasteiger partial charge in [-0.15, -0.1) is 0 Å². The molecule has 0 aliphatic heterocycles. The highest BCUT2D eigenvalue weighted by atomic mass is 28.4. The van der Waals surface area contributed by atoms with Crippen LogP contribution in [0.15, 0.2) is 60.7 Å². The number of benzene rings is 2. The van der Waals surface area contributed by atoms with Gasteiger partial charge in [0.25, 0.3) is 0 Å². The zero-order valence-corrected chi connectivity index (χ0v) is 15.4. The molecule has 0 spiro atoms. The Morgan fingerprint density at radius 1 is 0.600 bits per heavy atom. The highest BCUT2D eigenvalue weighted by Crippen LogP contribution is 2.31. The smallest absolute Gasteiger partial charge is 0.0667 e. The van der Waals surface area contributed by atoms with Gasteiger partial charge in [0.2, 0.25) is 0 Å². The number of hydrogen-bond acceptors (Lipinski definition) is 0. The van der Waals surface area contributed by atoms with Crippen molar-refractivity contribution >= 4 is 26.5 Å². The lowest BCUT2D eigenvalue weighted by Gasteiger charge is -2.40. The van der Waals surface area contributed by atoms with Crippen LogP contribution >= 0.6 is 0 Å². The van der Waals surface area contributed by atoms with Gasteiger partial charge in [-0.3, -0.25) is 0 Å². The third-order valence-electron chi connectivity index (χ3n) is 5.20. The van der Waals surface area contributed by atoms with E-state index in [0.29, 0.717) is 0 Å². The second kappa shape index (κ2) is 5.70. The summed E-state index contributed by atoms with van der Waals surface area (Å²) < 4.78 is 0. The van der Waals surface area contributed by atoms with Crippen LogP contribution in [0.5, 0.6) is 0 Å². The quantitative estimate of drug-likeness (QED) is 0.744. The maximum absolute atomic E-state index is 2.53. The van der Waals surface area contributed by atoms with E-state index in [4.69, 9.17) is 0 Å². The van der Waals surface area contributed by atoms with Gasteiger partial charge in [0.15, 0.2) is 0 Å². The summed E-state index contributed by atoms with van der Waals surface area (Å²) in [6, 6.07) is 22.3. The number of rotatable bonds is 4. The molecule has 2 aromatic carbocycles. The van der Waals surface area contributed by atoms with Crippen LogP contribution in [-0.4, -0.2) is 16.1 Å². The van der Waals surface area contributed by atoms with Crippen molar-refractivity contribution in [2.45, 2.75) is 38.3 Å². The second-order valence-corrected chi connectivity index (χ2v) is 17.2. The first kappa shape index (κ1) is 15.3. The zero-order chi connectivity index (χ0) is 14.8. The minimum atomic E-state index is -1.44. The maximum atomic E-state index is 2.53. The molecule has 0 N–H and O–H groups in total. The summed E-state index contributed by atoms with van der Waals surface area (Å²) in [4.78, 5) is 0. The highest BCUT2D eigenvalue weighted by Gasteiger charge is 2.42. The Hall–Kier alpha value is -1.13. The van der Waals surface area contributed by atoms with Gasteiger partial charge in [0.1, 0.15) is 0 Å². The lowest BCUT2D eigenvalue weighted by Crippen LogP contribution is -2.58. The third kappa shape index (κ3) is 2.81. The molecule has 0 unspecified atom stereocenters. The van der Waals surface area contributed by atoms with E-state index in [2.05, 4.69) is 93.8 Å². The molecular formula is C18H26Si2. The Morgan fingerprint density at radius 2 is 0.900 bits per heavy atom. The van der Waals surface area contributed by atoms with E-state index in [1.165, 1.54) is 0 Å². The molecule has 0 aromatic heterocycles. The molecule has 106 valence electrons. The highest BCUT2D eigenvalue weighted by molar-refractivity contribution is 7.07. The average molecular weight is 299 g/mol. The molecule has 0 saturated heterocycles. The predicted octanol–water partition coefficient (Wildman–Crippen LogP) is 4.15. The fourth-order valence-corrected chi connectivity index (χ4v) is 14.5. The lowest BCUT2D eigenvalue weighted by atomic mass is 10.4. The van der Waals surface area contributed by atoms with Gasteiger partial charge in [-0.1, -0.05) is 104 Å². The Morgan fingerprint density at radius 3 is 1.20 bits per heavy atom. The van der Waals surface area contributed by atoms with Crippen LogP contribution < -0.4 is 10.4 Å². The fraction of sp³-hybridized carbons (Fsp3) is 0.333. The Balaban J connectivity index is 2.37. The molecule has 0 bridgehead atoms. The van der Waals surface area contributed by atoms with E-state index in [-0.39, 0.29) is 0 Å². The molecule has 0 saturated carbocycles. The maximum Gasteiger partial charge on any atom is 0.0811 e. The van der Waals surface area contributed by atoms with Crippen LogP contribution in [0.1, 0.15) is 6.92 Å². The monoisotopic (exact) mass is 298 g/mol. The standard InChI is InChI=1S/C18H26Si2/c1-16(19(2,3)17-12-8-6-9-13-17)20(4,5)18-14-10-7-11-15-18/h6-16H,1-5H3. The molecule has 20 heavy (non-hydrogen) atoms. The van der Waals surface area contributed by atoms with E-state index < -0.39 is 16.1 Å². The molecule has 2 rings (SSSR count). The topological polar surface area (TPSA) is 0 Å². The van der Waals surface area contributed by atoms with Crippen molar-refractivity contribution in [3.05, 3.63) is 60.7 Å². The van der Waals surface area contributed by atoms with Crippen molar-refractivity contribution < 1.29 is 0 Å².